The van der Waals surface area contributed by atoms with E-state index in [0.29, 0.717) is 5.56 Å². The van der Waals surface area contributed by atoms with Crippen molar-refractivity contribution in [1.82, 2.24) is 0 Å². The SMILES string of the molecule is CC.O=C1c2ccccc2-c2ccc(O)cc21. The van der Waals surface area contributed by atoms with Crippen LogP contribution in [0.25, 0.3) is 11.1 Å². The van der Waals surface area contributed by atoms with Crippen molar-refractivity contribution in [3.05, 3.63) is 53.6 Å². The molecule has 3 rings (SSSR count). The van der Waals surface area contributed by atoms with E-state index in [1.54, 1.807) is 12.1 Å². The molecular formula is C15H14O2. The molecule has 2 aromatic rings. The van der Waals surface area contributed by atoms with Crippen LogP contribution in [-0.4, -0.2) is 10.9 Å². The standard InChI is InChI=1S/C13H8O2.C2H6/c14-8-5-6-10-9-3-1-2-4-11(9)13(15)12(10)7-8;1-2/h1-7,14H;1-2H3. The van der Waals surface area contributed by atoms with Crippen molar-refractivity contribution in [2.45, 2.75) is 13.8 Å². The molecule has 0 amide bonds. The number of hydrogen-bond acceptors (Lipinski definition) is 2. The third kappa shape index (κ3) is 1.72. The number of ketones is 1. The summed E-state index contributed by atoms with van der Waals surface area (Å²) in [5.74, 6) is 0.131. The largest absolute Gasteiger partial charge is 0.508 e. The van der Waals surface area contributed by atoms with E-state index < -0.39 is 0 Å². The van der Waals surface area contributed by atoms with E-state index in [1.165, 1.54) is 6.07 Å². The Morgan fingerprint density at radius 2 is 1.41 bits per heavy atom. The van der Waals surface area contributed by atoms with Crippen molar-refractivity contribution in [3.63, 3.8) is 0 Å². The molecule has 2 nitrogen and oxygen atoms in total. The molecule has 0 unspecified atom stereocenters. The number of fused-ring (bicyclic) bond motifs is 3. The Hall–Kier alpha value is -2.09. The number of hydrogen-bond donors (Lipinski definition) is 1. The first-order valence-electron chi connectivity index (χ1n) is 5.74. The van der Waals surface area contributed by atoms with Gasteiger partial charge in [-0.2, -0.15) is 0 Å². The molecule has 0 saturated heterocycles. The summed E-state index contributed by atoms with van der Waals surface area (Å²) in [5, 5.41) is 9.34. The van der Waals surface area contributed by atoms with Gasteiger partial charge in [-0.25, -0.2) is 0 Å². The van der Waals surface area contributed by atoms with Crippen LogP contribution in [0.1, 0.15) is 29.8 Å². The first-order valence-corrected chi connectivity index (χ1v) is 5.74. The number of rotatable bonds is 0. The van der Waals surface area contributed by atoms with E-state index >= 15 is 0 Å². The summed E-state index contributed by atoms with van der Waals surface area (Å²) in [5.41, 5.74) is 3.18. The van der Waals surface area contributed by atoms with Crippen LogP contribution in [0.5, 0.6) is 5.75 Å². The molecule has 1 aliphatic carbocycles. The number of phenols is 1. The molecule has 2 aromatic carbocycles. The highest BCUT2D eigenvalue weighted by Crippen LogP contribution is 2.37. The molecule has 0 atom stereocenters. The maximum atomic E-state index is 11.9. The predicted molar refractivity (Wildman–Crippen MR) is 68.3 cm³/mol. The number of phenolic OH excluding ortho intramolecular Hbond substituents is 1. The van der Waals surface area contributed by atoms with Crippen molar-refractivity contribution in [2.24, 2.45) is 0 Å². The Kier molecular flexibility index (Phi) is 2.96. The van der Waals surface area contributed by atoms with Gasteiger partial charge >= 0.3 is 0 Å². The van der Waals surface area contributed by atoms with Gasteiger partial charge in [-0.05, 0) is 29.3 Å². The maximum absolute atomic E-state index is 11.9. The summed E-state index contributed by atoms with van der Waals surface area (Å²) >= 11 is 0. The molecule has 0 aliphatic heterocycles. The lowest BCUT2D eigenvalue weighted by atomic mass is 10.1. The number of carbonyl (C=O) groups is 1. The quantitative estimate of drug-likeness (QED) is 0.635. The zero-order valence-electron chi connectivity index (χ0n) is 9.90. The molecule has 0 spiro atoms. The highest BCUT2D eigenvalue weighted by molar-refractivity contribution is 6.21. The van der Waals surface area contributed by atoms with E-state index in [0.717, 1.165) is 16.7 Å². The van der Waals surface area contributed by atoms with Crippen LogP contribution in [0, 0.1) is 0 Å². The fourth-order valence-corrected chi connectivity index (χ4v) is 2.02. The smallest absolute Gasteiger partial charge is 0.194 e. The molecular weight excluding hydrogens is 212 g/mol. The van der Waals surface area contributed by atoms with Gasteiger partial charge in [0.25, 0.3) is 0 Å². The molecule has 1 N–H and O–H groups in total. The predicted octanol–water partition coefficient (Wildman–Crippen LogP) is 3.63. The van der Waals surface area contributed by atoms with Gasteiger partial charge < -0.3 is 5.11 Å². The minimum atomic E-state index is -0.00324. The topological polar surface area (TPSA) is 37.3 Å². The van der Waals surface area contributed by atoms with Crippen LogP contribution in [0.3, 0.4) is 0 Å². The summed E-state index contributed by atoms with van der Waals surface area (Å²) in [6.45, 7) is 4.00. The number of aromatic hydroxyl groups is 1. The minimum Gasteiger partial charge on any atom is -0.508 e. The van der Waals surface area contributed by atoms with Crippen molar-refractivity contribution >= 4 is 5.78 Å². The highest BCUT2D eigenvalue weighted by Gasteiger charge is 2.25. The molecule has 86 valence electrons. The molecule has 2 heteroatoms. The average molecular weight is 226 g/mol. The molecule has 0 radical (unpaired) electrons. The summed E-state index contributed by atoms with van der Waals surface area (Å²) < 4.78 is 0. The molecule has 0 fully saturated rings. The average Bonchev–Trinajstić information content (AvgIpc) is 2.66. The van der Waals surface area contributed by atoms with Crippen molar-refractivity contribution in [1.29, 1.82) is 0 Å². The van der Waals surface area contributed by atoms with Crippen LogP contribution in [-0.2, 0) is 0 Å². The minimum absolute atomic E-state index is 0.00324. The summed E-state index contributed by atoms with van der Waals surface area (Å²) in [6.07, 6.45) is 0. The summed E-state index contributed by atoms with van der Waals surface area (Å²) in [7, 11) is 0. The third-order valence-corrected chi connectivity index (χ3v) is 2.71. The lowest BCUT2D eigenvalue weighted by Gasteiger charge is -1.98. The van der Waals surface area contributed by atoms with E-state index in [4.69, 9.17) is 0 Å². The maximum Gasteiger partial charge on any atom is 0.194 e. The van der Waals surface area contributed by atoms with Crippen LogP contribution >= 0.6 is 0 Å². The van der Waals surface area contributed by atoms with Crippen molar-refractivity contribution in [2.75, 3.05) is 0 Å². The number of carbonyl (C=O) groups excluding carboxylic acids is 1. The van der Waals surface area contributed by atoms with Crippen LogP contribution < -0.4 is 0 Å². The molecule has 17 heavy (non-hydrogen) atoms. The third-order valence-electron chi connectivity index (χ3n) is 2.71. The van der Waals surface area contributed by atoms with Crippen LogP contribution in [0.2, 0.25) is 0 Å². The van der Waals surface area contributed by atoms with Crippen molar-refractivity contribution in [3.8, 4) is 16.9 Å². The van der Waals surface area contributed by atoms with E-state index in [2.05, 4.69) is 0 Å². The first-order chi connectivity index (χ1) is 8.27. The highest BCUT2D eigenvalue weighted by atomic mass is 16.3. The second-order valence-electron chi connectivity index (χ2n) is 3.60. The Balaban J connectivity index is 0.000000514. The van der Waals surface area contributed by atoms with E-state index in [9.17, 15) is 9.90 Å². The van der Waals surface area contributed by atoms with Gasteiger partial charge in [0, 0.05) is 11.1 Å². The van der Waals surface area contributed by atoms with Gasteiger partial charge in [0.05, 0.1) is 0 Å². The summed E-state index contributed by atoms with van der Waals surface area (Å²) in [4.78, 5) is 11.9. The molecule has 0 bridgehead atoms. The molecule has 0 saturated carbocycles. The monoisotopic (exact) mass is 226 g/mol. The fraction of sp³-hybridized carbons (Fsp3) is 0.133. The van der Waals surface area contributed by atoms with Gasteiger partial charge in [0.2, 0.25) is 0 Å². The Morgan fingerprint density at radius 3 is 2.12 bits per heavy atom. The Labute approximate surface area is 101 Å². The van der Waals surface area contributed by atoms with Gasteiger partial charge in [-0.15, -0.1) is 0 Å². The van der Waals surface area contributed by atoms with E-state index in [1.807, 2.05) is 38.1 Å². The normalized spacial score (nSPS) is 11.3. The summed E-state index contributed by atoms with van der Waals surface area (Å²) in [6, 6.07) is 12.4. The van der Waals surface area contributed by atoms with Crippen LogP contribution in [0.4, 0.5) is 0 Å². The van der Waals surface area contributed by atoms with Crippen molar-refractivity contribution < 1.29 is 9.90 Å². The van der Waals surface area contributed by atoms with Crippen LogP contribution in [0.15, 0.2) is 42.5 Å². The van der Waals surface area contributed by atoms with Gasteiger partial charge in [-0.1, -0.05) is 38.1 Å². The first kappa shape index (κ1) is 11.4. The molecule has 0 heterocycles. The Bertz CT molecular complexity index is 571. The van der Waals surface area contributed by atoms with Gasteiger partial charge in [-0.3, -0.25) is 4.79 Å². The Morgan fingerprint density at radius 1 is 0.824 bits per heavy atom. The zero-order valence-corrected chi connectivity index (χ0v) is 9.90. The van der Waals surface area contributed by atoms with Gasteiger partial charge in [0.15, 0.2) is 5.78 Å². The van der Waals surface area contributed by atoms with E-state index in [-0.39, 0.29) is 11.5 Å². The number of benzene rings is 2. The fourth-order valence-electron chi connectivity index (χ4n) is 2.02. The lowest BCUT2D eigenvalue weighted by molar-refractivity contribution is 0.104. The molecule has 0 aromatic heterocycles. The lowest BCUT2D eigenvalue weighted by Crippen LogP contribution is -1.93. The molecule has 1 aliphatic rings. The zero-order chi connectivity index (χ0) is 12.4. The second kappa shape index (κ2) is 4.42. The second-order valence-corrected chi connectivity index (χ2v) is 3.60. The van der Waals surface area contributed by atoms with Gasteiger partial charge in [0.1, 0.15) is 5.75 Å².